The second kappa shape index (κ2) is 10.2. The molecule has 11 rings (SSSR count). The van der Waals surface area contributed by atoms with Gasteiger partial charge in [0.25, 0.3) is 0 Å². The number of aryl methyl sites for hydroxylation is 1. The van der Waals surface area contributed by atoms with E-state index in [2.05, 4.69) is 32.1 Å². The van der Waals surface area contributed by atoms with Crippen LogP contribution in [0.3, 0.4) is 0 Å². The summed E-state index contributed by atoms with van der Waals surface area (Å²) in [6.45, 7) is 7.37. The Morgan fingerprint density at radius 3 is 2.15 bits per heavy atom. The van der Waals surface area contributed by atoms with Crippen molar-refractivity contribution in [3.8, 4) is 0 Å². The first kappa shape index (κ1) is 32.6. The highest BCUT2D eigenvalue weighted by molar-refractivity contribution is 7.88. The first-order valence-corrected chi connectivity index (χ1v) is 21.6. The fraction of sp³-hybridized carbons (Fsp3) is 0.775. The second-order valence-corrected chi connectivity index (χ2v) is 22.3. The lowest BCUT2D eigenvalue weighted by Crippen LogP contribution is -2.67. The molecule has 1 aromatic heterocycles. The van der Waals surface area contributed by atoms with Gasteiger partial charge in [-0.25, -0.2) is 8.42 Å². The zero-order chi connectivity index (χ0) is 33.7. The SMILES string of the molecule is Cc1ccc(C(=O)C2=CC34C=CC25C(CCC2(C)C5CCC2(O)CN(CC25CC6CC(CC(C6)C2)C5)S(C)(=O)=O)C3(C)CCC(O)C4)s1. The Morgan fingerprint density at radius 1 is 0.896 bits per heavy atom. The molecular weight excluding hydrogens is 639 g/mol. The number of carbonyl (C=O) groups is 1. The molecule has 6 nitrogen and oxygen atoms in total. The Balaban J connectivity index is 1.10. The number of fused-ring (bicyclic) bond motifs is 1. The Kier molecular flexibility index (Phi) is 6.90. The number of carbonyl (C=O) groups excluding carboxylic acids is 1. The van der Waals surface area contributed by atoms with Crippen LogP contribution in [0.5, 0.6) is 0 Å². The Morgan fingerprint density at radius 2 is 1.52 bits per heavy atom. The predicted molar refractivity (Wildman–Crippen MR) is 189 cm³/mol. The highest BCUT2D eigenvalue weighted by Gasteiger charge is 2.74. The molecule has 48 heavy (non-hydrogen) atoms. The summed E-state index contributed by atoms with van der Waals surface area (Å²) in [5, 5.41) is 24.0. The van der Waals surface area contributed by atoms with E-state index in [0.29, 0.717) is 19.4 Å². The van der Waals surface area contributed by atoms with E-state index >= 15 is 0 Å². The summed E-state index contributed by atoms with van der Waals surface area (Å²) >= 11 is 1.55. The molecule has 6 bridgehead atoms. The van der Waals surface area contributed by atoms with Gasteiger partial charge in [-0.15, -0.1) is 11.3 Å². The standard InChI is InChI=1S/C40H55NO5S2/c1-25-5-6-31(47-25)34(43)30-22-38-13-14-40(30)32(35(38,2)10-7-29(42)21-38)8-11-36(3)33(40)9-12-39(36,44)24-41(48(4,45)46)23-37-18-26-15-27(19-37)17-28(16-26)20-37/h5-6,13-14,22,26-29,32-33,42,44H,7-12,15-21,23-24H2,1-4H3. The fourth-order valence-corrected chi connectivity index (χ4v) is 16.5. The van der Waals surface area contributed by atoms with Crippen LogP contribution in [0, 0.1) is 63.6 Å². The number of nitrogens with zero attached hydrogens (tertiary/aromatic N) is 1. The van der Waals surface area contributed by atoms with Gasteiger partial charge in [-0.3, -0.25) is 4.79 Å². The molecular formula is C40H55NO5S2. The zero-order valence-corrected chi connectivity index (χ0v) is 31.0. The average molecular weight is 694 g/mol. The van der Waals surface area contributed by atoms with Crippen LogP contribution in [-0.2, 0) is 10.0 Å². The van der Waals surface area contributed by atoms with Crippen molar-refractivity contribution in [1.82, 2.24) is 4.31 Å². The van der Waals surface area contributed by atoms with Crippen molar-refractivity contribution in [2.24, 2.45) is 56.7 Å². The number of sulfonamides is 1. The van der Waals surface area contributed by atoms with E-state index in [1.165, 1.54) is 25.5 Å². The zero-order valence-electron chi connectivity index (χ0n) is 29.3. The van der Waals surface area contributed by atoms with Crippen LogP contribution in [-0.4, -0.2) is 59.8 Å². The van der Waals surface area contributed by atoms with E-state index in [-0.39, 0.29) is 46.5 Å². The van der Waals surface area contributed by atoms with Gasteiger partial charge < -0.3 is 10.2 Å². The number of aliphatic hydroxyl groups is 2. The molecule has 262 valence electrons. The lowest BCUT2D eigenvalue weighted by atomic mass is 9.32. The molecule has 7 saturated carbocycles. The molecule has 7 fully saturated rings. The minimum Gasteiger partial charge on any atom is -0.393 e. The number of Topliss-reactive ketones (excluding diaryl/α,β-unsaturated/α-hetero) is 1. The van der Waals surface area contributed by atoms with Gasteiger partial charge in [0, 0.05) is 39.8 Å². The maximum Gasteiger partial charge on any atom is 0.211 e. The number of hydrogen-bond donors (Lipinski definition) is 2. The largest absolute Gasteiger partial charge is 0.393 e. The summed E-state index contributed by atoms with van der Waals surface area (Å²) in [6.07, 6.45) is 20.7. The van der Waals surface area contributed by atoms with E-state index in [4.69, 9.17) is 0 Å². The van der Waals surface area contributed by atoms with Crippen molar-refractivity contribution in [2.45, 2.75) is 116 Å². The van der Waals surface area contributed by atoms with Gasteiger partial charge in [-0.2, -0.15) is 4.31 Å². The minimum atomic E-state index is -3.55. The Labute approximate surface area is 291 Å². The molecule has 8 heteroatoms. The van der Waals surface area contributed by atoms with Crippen molar-refractivity contribution in [2.75, 3.05) is 19.3 Å². The molecule has 0 radical (unpaired) electrons. The van der Waals surface area contributed by atoms with E-state index in [1.807, 2.05) is 19.1 Å². The molecule has 8 atom stereocenters. The van der Waals surface area contributed by atoms with Gasteiger partial charge in [0.2, 0.25) is 10.0 Å². The van der Waals surface area contributed by atoms with Crippen molar-refractivity contribution < 1.29 is 23.4 Å². The van der Waals surface area contributed by atoms with Gasteiger partial charge in [0.05, 0.1) is 22.8 Å². The van der Waals surface area contributed by atoms with Gasteiger partial charge >= 0.3 is 0 Å². The quantitative estimate of drug-likeness (QED) is 0.231. The van der Waals surface area contributed by atoms with Crippen LogP contribution < -0.4 is 0 Å². The Bertz CT molecular complexity index is 1690. The van der Waals surface area contributed by atoms with Gasteiger partial charge in [0.15, 0.2) is 5.78 Å². The molecule has 2 N–H and O–H groups in total. The number of hydrogen-bond acceptors (Lipinski definition) is 6. The van der Waals surface area contributed by atoms with Crippen LogP contribution >= 0.6 is 11.3 Å². The smallest absolute Gasteiger partial charge is 0.211 e. The number of allylic oxidation sites excluding steroid dienone is 4. The summed E-state index contributed by atoms with van der Waals surface area (Å²) in [4.78, 5) is 16.6. The third kappa shape index (κ3) is 4.25. The lowest BCUT2D eigenvalue weighted by Gasteiger charge is -2.71. The highest BCUT2D eigenvalue weighted by atomic mass is 32.2. The molecule has 0 aromatic carbocycles. The normalized spacial score (nSPS) is 49.9. The molecule has 2 spiro atoms. The Hall–Kier alpha value is -1.32. The summed E-state index contributed by atoms with van der Waals surface area (Å²) in [5.41, 5.74) is -1.79. The summed E-state index contributed by atoms with van der Waals surface area (Å²) in [6, 6.07) is 4.00. The topological polar surface area (TPSA) is 94.9 Å². The van der Waals surface area contributed by atoms with Crippen molar-refractivity contribution >= 4 is 27.1 Å². The maximum absolute atomic E-state index is 14.7. The third-order valence-electron chi connectivity index (χ3n) is 16.5. The van der Waals surface area contributed by atoms with E-state index in [1.54, 1.807) is 15.6 Å². The first-order valence-electron chi connectivity index (χ1n) is 18.9. The minimum absolute atomic E-state index is 0.0178. The first-order chi connectivity index (χ1) is 22.5. The second-order valence-electron chi connectivity index (χ2n) is 19.0. The number of rotatable bonds is 7. The number of thiophene rings is 1. The summed E-state index contributed by atoms with van der Waals surface area (Å²) in [5.74, 6) is 2.55. The van der Waals surface area contributed by atoms with Crippen LogP contribution in [0.1, 0.15) is 112 Å². The van der Waals surface area contributed by atoms with Crippen LogP contribution in [0.15, 0.2) is 35.9 Å². The predicted octanol–water partition coefficient (Wildman–Crippen LogP) is 7.31. The highest BCUT2D eigenvalue weighted by Crippen LogP contribution is 2.78. The number of ketones is 1. The van der Waals surface area contributed by atoms with E-state index in [0.717, 1.165) is 84.4 Å². The van der Waals surface area contributed by atoms with Crippen molar-refractivity contribution in [3.05, 3.63) is 45.7 Å². The summed E-state index contributed by atoms with van der Waals surface area (Å²) < 4.78 is 29.0. The average Bonchev–Trinajstić information content (AvgIpc) is 3.55. The molecule has 0 amide bonds. The van der Waals surface area contributed by atoms with Crippen LogP contribution in [0.25, 0.3) is 0 Å². The molecule has 0 aliphatic heterocycles. The molecule has 1 aromatic rings. The fourth-order valence-electron chi connectivity index (χ4n) is 14.7. The van der Waals surface area contributed by atoms with E-state index < -0.39 is 26.5 Å². The van der Waals surface area contributed by atoms with Gasteiger partial charge in [-0.05, 0) is 143 Å². The molecule has 8 unspecified atom stereocenters. The van der Waals surface area contributed by atoms with Crippen LogP contribution in [0.2, 0.25) is 0 Å². The monoisotopic (exact) mass is 693 g/mol. The maximum atomic E-state index is 14.7. The lowest BCUT2D eigenvalue weighted by molar-refractivity contribution is -0.175. The number of aliphatic hydroxyl groups excluding tert-OH is 1. The van der Waals surface area contributed by atoms with E-state index in [9.17, 15) is 23.4 Å². The molecule has 10 aliphatic rings. The van der Waals surface area contributed by atoms with Crippen molar-refractivity contribution in [1.29, 1.82) is 0 Å². The molecule has 1 heterocycles. The van der Waals surface area contributed by atoms with Gasteiger partial charge in [-0.1, -0.05) is 32.1 Å². The van der Waals surface area contributed by atoms with Gasteiger partial charge in [0.1, 0.15) is 0 Å². The van der Waals surface area contributed by atoms with Crippen molar-refractivity contribution in [3.63, 3.8) is 0 Å². The molecule has 0 saturated heterocycles. The molecule has 10 aliphatic carbocycles. The van der Waals surface area contributed by atoms with Crippen LogP contribution in [0.4, 0.5) is 0 Å². The summed E-state index contributed by atoms with van der Waals surface area (Å²) in [7, 11) is -3.55. The third-order valence-corrected chi connectivity index (χ3v) is 18.7.